The zero-order valence-corrected chi connectivity index (χ0v) is 27.7. The van der Waals surface area contributed by atoms with Crippen molar-refractivity contribution in [3.8, 4) is 33.7 Å². The number of hydrogen-bond acceptors (Lipinski definition) is 4. The number of benzene rings is 7. The van der Waals surface area contributed by atoms with Crippen molar-refractivity contribution < 1.29 is 8.83 Å². The van der Waals surface area contributed by atoms with Crippen LogP contribution in [0.2, 0.25) is 0 Å². The quantitative estimate of drug-likeness (QED) is 0.187. The van der Waals surface area contributed by atoms with E-state index in [1.807, 2.05) is 36.4 Å². The summed E-state index contributed by atoms with van der Waals surface area (Å²) in [5.41, 5.74) is 14.6. The molecule has 10 rings (SSSR count). The molecule has 2 heterocycles. The first-order valence-electron chi connectivity index (χ1n) is 17.0. The predicted molar refractivity (Wildman–Crippen MR) is 204 cm³/mol. The van der Waals surface area contributed by atoms with Crippen LogP contribution in [0.1, 0.15) is 25.0 Å². The molecule has 4 nitrogen and oxygen atoms in total. The zero-order valence-electron chi connectivity index (χ0n) is 27.7. The van der Waals surface area contributed by atoms with Crippen LogP contribution in [0.5, 0.6) is 0 Å². The second-order valence-electron chi connectivity index (χ2n) is 13.6. The SMILES string of the molecule is CC1(C)c2ccccc2-c2cc(N(c3cccc(-c4ccccc4)c3)c3cccc4c3oc3cc5nc(-c6ccccc6)oc5cc34)ccc21. The Kier molecular flexibility index (Phi) is 6.19. The van der Waals surface area contributed by atoms with Gasteiger partial charge in [-0.1, -0.05) is 117 Å². The number of aromatic nitrogens is 1. The molecule has 0 spiro atoms. The van der Waals surface area contributed by atoms with Crippen molar-refractivity contribution in [3.05, 3.63) is 169 Å². The smallest absolute Gasteiger partial charge is 0.227 e. The van der Waals surface area contributed by atoms with Crippen LogP contribution >= 0.6 is 0 Å². The predicted octanol–water partition coefficient (Wildman–Crippen LogP) is 12.8. The normalized spacial score (nSPS) is 13.2. The highest BCUT2D eigenvalue weighted by Gasteiger charge is 2.35. The average Bonchev–Trinajstić information content (AvgIpc) is 3.82. The van der Waals surface area contributed by atoms with E-state index in [4.69, 9.17) is 13.8 Å². The number of oxazole rings is 1. The molecule has 0 aliphatic heterocycles. The Morgan fingerprint density at radius 1 is 0.500 bits per heavy atom. The maximum absolute atomic E-state index is 6.80. The molecule has 2 aromatic heterocycles. The van der Waals surface area contributed by atoms with Crippen molar-refractivity contribution in [1.29, 1.82) is 0 Å². The number of furan rings is 1. The molecule has 0 atom stereocenters. The van der Waals surface area contributed by atoms with E-state index >= 15 is 0 Å². The van der Waals surface area contributed by atoms with E-state index in [9.17, 15) is 0 Å². The summed E-state index contributed by atoms with van der Waals surface area (Å²) < 4.78 is 13.1. The molecule has 4 heteroatoms. The fourth-order valence-corrected chi connectivity index (χ4v) is 7.81. The first-order valence-corrected chi connectivity index (χ1v) is 17.0. The van der Waals surface area contributed by atoms with E-state index < -0.39 is 0 Å². The highest BCUT2D eigenvalue weighted by molar-refractivity contribution is 6.13. The third-order valence-corrected chi connectivity index (χ3v) is 10.3. The van der Waals surface area contributed by atoms with E-state index in [1.165, 1.54) is 27.8 Å². The minimum absolute atomic E-state index is 0.0768. The summed E-state index contributed by atoms with van der Waals surface area (Å²) in [5, 5.41) is 2.02. The van der Waals surface area contributed by atoms with Crippen molar-refractivity contribution in [1.82, 2.24) is 4.98 Å². The minimum atomic E-state index is -0.0768. The molecule has 0 saturated carbocycles. The summed E-state index contributed by atoms with van der Waals surface area (Å²) in [4.78, 5) is 7.16. The fourth-order valence-electron chi connectivity index (χ4n) is 7.81. The van der Waals surface area contributed by atoms with Gasteiger partial charge in [-0.2, -0.15) is 0 Å². The third kappa shape index (κ3) is 4.35. The Morgan fingerprint density at radius 2 is 1.20 bits per heavy atom. The molecular formula is C46H32N2O2. The maximum Gasteiger partial charge on any atom is 0.227 e. The van der Waals surface area contributed by atoms with Gasteiger partial charge in [0.1, 0.15) is 11.1 Å². The van der Waals surface area contributed by atoms with Gasteiger partial charge in [0.2, 0.25) is 5.89 Å². The van der Waals surface area contributed by atoms with Crippen LogP contribution in [0.15, 0.2) is 167 Å². The Bertz CT molecular complexity index is 2740. The molecule has 0 amide bonds. The Balaban J connectivity index is 1.19. The van der Waals surface area contributed by atoms with Crippen LogP contribution in [0, 0.1) is 0 Å². The largest absolute Gasteiger partial charge is 0.454 e. The molecule has 0 unspecified atom stereocenters. The number of para-hydroxylation sites is 1. The van der Waals surface area contributed by atoms with Crippen molar-refractivity contribution >= 4 is 50.1 Å². The summed E-state index contributed by atoms with van der Waals surface area (Å²) in [6, 6.07) is 55.5. The fraction of sp³-hybridized carbons (Fsp3) is 0.0652. The number of anilines is 3. The average molecular weight is 645 g/mol. The summed E-state index contributed by atoms with van der Waals surface area (Å²) in [6.07, 6.45) is 0. The molecule has 0 bridgehead atoms. The highest BCUT2D eigenvalue weighted by atomic mass is 16.4. The lowest BCUT2D eigenvalue weighted by molar-refractivity contribution is 0.620. The molecule has 0 N–H and O–H groups in total. The van der Waals surface area contributed by atoms with Gasteiger partial charge in [0.05, 0.1) is 5.69 Å². The Hall–Kier alpha value is -6.39. The number of nitrogens with zero attached hydrogens (tertiary/aromatic N) is 2. The molecule has 9 aromatic rings. The first kappa shape index (κ1) is 28.6. The van der Waals surface area contributed by atoms with E-state index in [0.29, 0.717) is 5.89 Å². The van der Waals surface area contributed by atoms with E-state index in [-0.39, 0.29) is 5.41 Å². The third-order valence-electron chi connectivity index (χ3n) is 10.3. The van der Waals surface area contributed by atoms with E-state index in [0.717, 1.165) is 61.2 Å². The van der Waals surface area contributed by atoms with Gasteiger partial charge in [-0.3, -0.25) is 0 Å². The molecule has 50 heavy (non-hydrogen) atoms. The van der Waals surface area contributed by atoms with Crippen LogP contribution in [0.3, 0.4) is 0 Å². The van der Waals surface area contributed by atoms with Gasteiger partial charge in [0, 0.05) is 39.2 Å². The molecule has 0 saturated heterocycles. The molecule has 1 aliphatic rings. The topological polar surface area (TPSA) is 42.4 Å². The van der Waals surface area contributed by atoms with Gasteiger partial charge < -0.3 is 13.7 Å². The number of fused-ring (bicyclic) bond motifs is 7. The van der Waals surface area contributed by atoms with Crippen LogP contribution in [0.4, 0.5) is 17.1 Å². The lowest BCUT2D eigenvalue weighted by atomic mass is 9.82. The molecule has 7 aromatic carbocycles. The lowest BCUT2D eigenvalue weighted by Gasteiger charge is -2.27. The van der Waals surface area contributed by atoms with Crippen molar-refractivity contribution in [3.63, 3.8) is 0 Å². The van der Waals surface area contributed by atoms with Crippen molar-refractivity contribution in [2.45, 2.75) is 19.3 Å². The van der Waals surface area contributed by atoms with Gasteiger partial charge in [-0.15, -0.1) is 0 Å². The molecule has 238 valence electrons. The molecule has 0 radical (unpaired) electrons. The summed E-state index contributed by atoms with van der Waals surface area (Å²) in [7, 11) is 0. The van der Waals surface area contributed by atoms with Crippen molar-refractivity contribution in [2.24, 2.45) is 0 Å². The standard InChI is InChI=1S/C46H32N2O2/c1-46(2)38-21-10-9-19-34(38)36-26-33(23-24-39(36)46)48(32-18-11-17-31(25-32)29-13-5-3-6-14-29)41-22-12-20-35-37-27-43-40(28-42(37)49-44(35)41)47-45(50-43)30-15-7-4-8-16-30/h3-28H,1-2H3. The second-order valence-corrected chi connectivity index (χ2v) is 13.6. The van der Waals surface area contributed by atoms with E-state index in [1.54, 1.807) is 0 Å². The Labute approximate surface area is 289 Å². The zero-order chi connectivity index (χ0) is 33.4. The van der Waals surface area contributed by atoms with Crippen LogP contribution in [-0.4, -0.2) is 4.98 Å². The van der Waals surface area contributed by atoms with Gasteiger partial charge in [0.25, 0.3) is 0 Å². The monoisotopic (exact) mass is 644 g/mol. The maximum atomic E-state index is 6.80. The van der Waals surface area contributed by atoms with Crippen LogP contribution in [-0.2, 0) is 5.41 Å². The van der Waals surface area contributed by atoms with Gasteiger partial charge >= 0.3 is 0 Å². The summed E-state index contributed by atoms with van der Waals surface area (Å²) >= 11 is 0. The van der Waals surface area contributed by atoms with E-state index in [2.05, 4.69) is 140 Å². The van der Waals surface area contributed by atoms with Gasteiger partial charge in [0.15, 0.2) is 11.2 Å². The molecule has 0 fully saturated rings. The number of rotatable bonds is 5. The molecule has 1 aliphatic carbocycles. The highest BCUT2D eigenvalue weighted by Crippen LogP contribution is 2.51. The number of hydrogen-bond donors (Lipinski definition) is 0. The van der Waals surface area contributed by atoms with Gasteiger partial charge in [-0.05, 0) is 81.9 Å². The molecular weight excluding hydrogens is 613 g/mol. The lowest BCUT2D eigenvalue weighted by Crippen LogP contribution is -2.15. The first-order chi connectivity index (χ1) is 24.5. The van der Waals surface area contributed by atoms with Crippen LogP contribution in [0.25, 0.3) is 66.7 Å². The summed E-state index contributed by atoms with van der Waals surface area (Å²) in [5.74, 6) is 0.601. The second kappa shape index (κ2) is 10.8. The van der Waals surface area contributed by atoms with Crippen LogP contribution < -0.4 is 4.90 Å². The Morgan fingerprint density at radius 3 is 2.04 bits per heavy atom. The minimum Gasteiger partial charge on any atom is -0.454 e. The van der Waals surface area contributed by atoms with Gasteiger partial charge in [-0.25, -0.2) is 4.98 Å². The summed E-state index contributed by atoms with van der Waals surface area (Å²) in [6.45, 7) is 4.64. The van der Waals surface area contributed by atoms with Crippen molar-refractivity contribution in [2.75, 3.05) is 4.90 Å².